The molecular weight excluding hydrogens is 382 g/mol. The van der Waals surface area contributed by atoms with Crippen LogP contribution in [-0.4, -0.2) is 34.1 Å². The van der Waals surface area contributed by atoms with Crippen molar-refractivity contribution in [3.63, 3.8) is 0 Å². The van der Waals surface area contributed by atoms with Crippen LogP contribution in [0.5, 0.6) is 0 Å². The highest BCUT2D eigenvalue weighted by atomic mass is 32.1. The summed E-state index contributed by atoms with van der Waals surface area (Å²) >= 11 is 1.78. The molecule has 0 amide bonds. The van der Waals surface area contributed by atoms with Crippen molar-refractivity contribution in [3.8, 4) is 0 Å². The van der Waals surface area contributed by atoms with Gasteiger partial charge in [-0.05, 0) is 67.2 Å². The Labute approximate surface area is 174 Å². The zero-order chi connectivity index (χ0) is 20.0. The van der Waals surface area contributed by atoms with Crippen LogP contribution in [0.2, 0.25) is 0 Å². The Bertz CT molecular complexity index is 1050. The van der Waals surface area contributed by atoms with E-state index in [1.807, 2.05) is 12.1 Å². The first-order chi connectivity index (χ1) is 14.0. The number of nitrogens with zero attached hydrogens (tertiary/aromatic N) is 3. The van der Waals surface area contributed by atoms with E-state index in [-0.39, 0.29) is 0 Å². The molecule has 29 heavy (non-hydrogen) atoms. The van der Waals surface area contributed by atoms with Gasteiger partial charge in [-0.25, -0.2) is 14.8 Å². The molecule has 2 fully saturated rings. The molecule has 2 aromatic heterocycles. The summed E-state index contributed by atoms with van der Waals surface area (Å²) in [6.07, 6.45) is 7.54. The van der Waals surface area contributed by atoms with E-state index < -0.39 is 5.97 Å². The van der Waals surface area contributed by atoms with E-state index in [9.17, 15) is 4.79 Å². The van der Waals surface area contributed by atoms with Gasteiger partial charge in [0.05, 0.1) is 10.9 Å². The average molecular weight is 408 g/mol. The first kappa shape index (κ1) is 18.6. The van der Waals surface area contributed by atoms with E-state index in [0.717, 1.165) is 36.6 Å². The molecule has 0 bridgehead atoms. The van der Waals surface area contributed by atoms with Gasteiger partial charge >= 0.3 is 5.97 Å². The van der Waals surface area contributed by atoms with Crippen LogP contribution in [0.4, 0.5) is 5.82 Å². The van der Waals surface area contributed by atoms with Gasteiger partial charge in [-0.15, -0.1) is 11.3 Å². The van der Waals surface area contributed by atoms with Crippen molar-refractivity contribution in [2.45, 2.75) is 39.0 Å². The fraction of sp³-hybridized carbons (Fsp3) is 0.435. The van der Waals surface area contributed by atoms with Gasteiger partial charge in [0.1, 0.15) is 17.0 Å². The predicted octanol–water partition coefficient (Wildman–Crippen LogP) is 4.80. The lowest BCUT2D eigenvalue weighted by Gasteiger charge is -2.45. The molecule has 3 heterocycles. The highest BCUT2D eigenvalue weighted by Gasteiger charge is 2.48. The van der Waals surface area contributed by atoms with Crippen molar-refractivity contribution in [2.24, 2.45) is 11.3 Å². The highest BCUT2D eigenvalue weighted by molar-refractivity contribution is 7.18. The first-order valence-corrected chi connectivity index (χ1v) is 11.2. The number of thiophene rings is 1. The summed E-state index contributed by atoms with van der Waals surface area (Å²) in [6.45, 7) is 4.35. The van der Waals surface area contributed by atoms with Crippen molar-refractivity contribution >= 4 is 33.3 Å². The Morgan fingerprint density at radius 3 is 2.79 bits per heavy atom. The Morgan fingerprint density at radius 2 is 2.07 bits per heavy atom. The molecule has 1 aliphatic heterocycles. The molecule has 1 aromatic carbocycles. The third-order valence-corrected chi connectivity index (χ3v) is 7.80. The van der Waals surface area contributed by atoms with Crippen LogP contribution in [0.1, 0.15) is 47.0 Å². The molecule has 1 N–H and O–H groups in total. The van der Waals surface area contributed by atoms with Crippen molar-refractivity contribution in [1.29, 1.82) is 0 Å². The highest BCUT2D eigenvalue weighted by Crippen LogP contribution is 2.53. The van der Waals surface area contributed by atoms with Gasteiger partial charge < -0.3 is 10.0 Å². The van der Waals surface area contributed by atoms with E-state index in [1.54, 1.807) is 29.8 Å². The van der Waals surface area contributed by atoms with Crippen LogP contribution >= 0.6 is 11.3 Å². The number of fused-ring (bicyclic) bond motifs is 1. The zero-order valence-corrected chi connectivity index (χ0v) is 17.4. The number of aromatic carboxylic acids is 1. The molecule has 1 saturated carbocycles. The lowest BCUT2D eigenvalue weighted by molar-refractivity contribution is 0.0697. The summed E-state index contributed by atoms with van der Waals surface area (Å²) in [5.41, 5.74) is 2.03. The van der Waals surface area contributed by atoms with Gasteiger partial charge in [0.2, 0.25) is 0 Å². The number of hydrogen-bond donors (Lipinski definition) is 1. The Morgan fingerprint density at radius 1 is 1.28 bits per heavy atom. The molecule has 6 heteroatoms. The fourth-order valence-corrected chi connectivity index (χ4v) is 6.12. The third-order valence-electron chi connectivity index (χ3n) is 6.61. The van der Waals surface area contributed by atoms with Crippen LogP contribution in [0.3, 0.4) is 0 Å². The summed E-state index contributed by atoms with van der Waals surface area (Å²) < 4.78 is 0. The third kappa shape index (κ3) is 3.39. The predicted molar refractivity (Wildman–Crippen MR) is 116 cm³/mol. The van der Waals surface area contributed by atoms with E-state index in [0.29, 0.717) is 16.9 Å². The second-order valence-electron chi connectivity index (χ2n) is 8.63. The fourth-order valence-electron chi connectivity index (χ4n) is 5.19. The van der Waals surface area contributed by atoms with Gasteiger partial charge in [-0.1, -0.05) is 19.1 Å². The van der Waals surface area contributed by atoms with Crippen molar-refractivity contribution in [3.05, 3.63) is 52.7 Å². The van der Waals surface area contributed by atoms with Gasteiger partial charge in [0, 0.05) is 18.0 Å². The molecule has 2 aliphatic rings. The molecule has 3 aromatic rings. The zero-order valence-electron chi connectivity index (χ0n) is 16.6. The van der Waals surface area contributed by atoms with Crippen LogP contribution in [0, 0.1) is 11.3 Å². The molecule has 1 saturated heterocycles. The Hall–Kier alpha value is -2.47. The Balaban J connectivity index is 1.24. The van der Waals surface area contributed by atoms with Crippen molar-refractivity contribution < 1.29 is 9.90 Å². The number of carboxylic acids is 1. The lowest BCUT2D eigenvalue weighted by atomic mass is 9.60. The smallest absolute Gasteiger partial charge is 0.335 e. The Kier molecular flexibility index (Phi) is 4.54. The quantitative estimate of drug-likeness (QED) is 0.658. The summed E-state index contributed by atoms with van der Waals surface area (Å²) in [7, 11) is 0. The minimum Gasteiger partial charge on any atom is -0.478 e. The van der Waals surface area contributed by atoms with Crippen LogP contribution in [0.25, 0.3) is 10.2 Å². The van der Waals surface area contributed by atoms with Gasteiger partial charge in [-0.3, -0.25) is 0 Å². The number of aromatic nitrogens is 2. The molecular formula is C23H25N3O2S. The minimum absolute atomic E-state index is 0.362. The van der Waals surface area contributed by atoms with Gasteiger partial charge in [-0.2, -0.15) is 0 Å². The van der Waals surface area contributed by atoms with E-state index >= 15 is 0 Å². The standard InChI is InChI=1S/C23H25N3O2S/c1-2-18-10-19-20(24-14-25-21(19)29-18)26-8-7-23(13-26)11-16(12-23)9-15-3-5-17(6-4-15)22(27)28/h3-6,10,14,16H,2,7-9,11-13H2,1H3,(H,27,28). The van der Waals surface area contributed by atoms with Crippen molar-refractivity contribution in [2.75, 3.05) is 18.0 Å². The molecule has 5 nitrogen and oxygen atoms in total. The molecule has 5 rings (SSSR count). The van der Waals surface area contributed by atoms with Crippen LogP contribution < -0.4 is 4.90 Å². The van der Waals surface area contributed by atoms with Gasteiger partial charge in [0.25, 0.3) is 0 Å². The number of anilines is 1. The summed E-state index contributed by atoms with van der Waals surface area (Å²) in [4.78, 5) is 25.1. The molecule has 150 valence electrons. The first-order valence-electron chi connectivity index (χ1n) is 10.4. The average Bonchev–Trinajstić information content (AvgIpc) is 3.32. The number of rotatable bonds is 5. The van der Waals surface area contributed by atoms with Gasteiger partial charge in [0.15, 0.2) is 0 Å². The molecule has 0 unspecified atom stereocenters. The second kappa shape index (κ2) is 7.10. The molecule has 1 aliphatic carbocycles. The van der Waals surface area contributed by atoms with E-state index in [1.165, 1.54) is 35.1 Å². The summed E-state index contributed by atoms with van der Waals surface area (Å²) in [5.74, 6) is 0.945. The molecule has 0 atom stereocenters. The lowest BCUT2D eigenvalue weighted by Crippen LogP contribution is -2.40. The maximum atomic E-state index is 11.0. The summed E-state index contributed by atoms with van der Waals surface area (Å²) in [6, 6.07) is 9.64. The SMILES string of the molecule is CCc1cc2c(N3CCC4(CC(Cc5ccc(C(=O)O)cc5)C4)C3)ncnc2s1. The monoisotopic (exact) mass is 407 g/mol. The number of benzene rings is 1. The summed E-state index contributed by atoms with van der Waals surface area (Å²) in [5, 5.41) is 10.3. The molecule has 0 radical (unpaired) electrons. The van der Waals surface area contributed by atoms with Crippen LogP contribution in [-0.2, 0) is 12.8 Å². The number of aryl methyl sites for hydroxylation is 1. The largest absolute Gasteiger partial charge is 0.478 e. The van der Waals surface area contributed by atoms with Crippen molar-refractivity contribution in [1.82, 2.24) is 9.97 Å². The minimum atomic E-state index is -0.860. The maximum Gasteiger partial charge on any atom is 0.335 e. The van der Waals surface area contributed by atoms with E-state index in [4.69, 9.17) is 5.11 Å². The van der Waals surface area contributed by atoms with Crippen LogP contribution in [0.15, 0.2) is 36.7 Å². The number of carboxylic acid groups (broad SMARTS) is 1. The number of carbonyl (C=O) groups is 1. The normalized spacial score (nSPS) is 23.6. The maximum absolute atomic E-state index is 11.0. The van der Waals surface area contributed by atoms with E-state index in [2.05, 4.69) is 27.9 Å². The second-order valence-corrected chi connectivity index (χ2v) is 9.75. The molecule has 1 spiro atoms. The topological polar surface area (TPSA) is 66.3 Å². The number of hydrogen-bond acceptors (Lipinski definition) is 5.